The maximum absolute atomic E-state index is 12.7. The fraction of sp³-hybridized carbons (Fsp3) is 0.677. The van der Waals surface area contributed by atoms with Gasteiger partial charge in [-0.2, -0.15) is 0 Å². The van der Waals surface area contributed by atoms with E-state index < -0.39 is 47.7 Å². The molecular weight excluding hydrogens is 540 g/mol. The smallest absolute Gasteiger partial charge is 0.407 e. The number of rotatable bonds is 17. The second-order valence-electron chi connectivity index (χ2n) is 12.1. The van der Waals surface area contributed by atoms with Crippen molar-refractivity contribution in [2.45, 2.75) is 109 Å². The van der Waals surface area contributed by atoms with Crippen LogP contribution in [0.15, 0.2) is 30.3 Å². The van der Waals surface area contributed by atoms with Gasteiger partial charge in [0, 0.05) is 19.5 Å². The summed E-state index contributed by atoms with van der Waals surface area (Å²) in [6.07, 6.45) is 5.74. The van der Waals surface area contributed by atoms with Gasteiger partial charge in [0.05, 0.1) is 18.7 Å². The zero-order valence-electron chi connectivity index (χ0n) is 25.3. The Balaban J connectivity index is 1.85. The number of carbonyl (C=O) groups excluding carboxylic acids is 3. The van der Waals surface area contributed by atoms with Crippen LogP contribution in [0.4, 0.5) is 4.79 Å². The van der Waals surface area contributed by atoms with Gasteiger partial charge in [-0.25, -0.2) is 4.79 Å². The van der Waals surface area contributed by atoms with E-state index in [9.17, 15) is 24.3 Å². The van der Waals surface area contributed by atoms with Crippen LogP contribution in [-0.2, 0) is 25.5 Å². The lowest BCUT2D eigenvalue weighted by Crippen LogP contribution is -2.52. The second kappa shape index (κ2) is 18.4. The highest BCUT2D eigenvalue weighted by atomic mass is 16.6. The van der Waals surface area contributed by atoms with E-state index in [1.165, 1.54) is 6.42 Å². The third-order valence-electron chi connectivity index (χ3n) is 7.20. The van der Waals surface area contributed by atoms with Crippen molar-refractivity contribution in [2.75, 3.05) is 19.6 Å². The van der Waals surface area contributed by atoms with Crippen molar-refractivity contribution in [1.29, 1.82) is 0 Å². The minimum atomic E-state index is -1.06. The molecule has 1 unspecified atom stereocenters. The zero-order chi connectivity index (χ0) is 31.0. The van der Waals surface area contributed by atoms with E-state index in [1.807, 2.05) is 30.3 Å². The number of carboxylic acid groups (broad SMARTS) is 1. The molecule has 1 fully saturated rings. The number of aliphatic hydroxyl groups is 1. The van der Waals surface area contributed by atoms with Crippen LogP contribution in [0.25, 0.3) is 0 Å². The molecule has 0 bridgehead atoms. The van der Waals surface area contributed by atoms with Gasteiger partial charge in [0.25, 0.3) is 0 Å². The summed E-state index contributed by atoms with van der Waals surface area (Å²) in [5, 5.41) is 31.1. The third kappa shape index (κ3) is 15.2. The number of alkyl carbamates (subject to hydrolysis) is 1. The van der Waals surface area contributed by atoms with E-state index in [2.05, 4.69) is 21.3 Å². The summed E-state index contributed by atoms with van der Waals surface area (Å²) in [6.45, 7) is 5.55. The predicted molar refractivity (Wildman–Crippen MR) is 160 cm³/mol. The molecule has 0 aliphatic heterocycles. The predicted octanol–water partition coefficient (Wildman–Crippen LogP) is 2.90. The monoisotopic (exact) mass is 590 g/mol. The quantitative estimate of drug-likeness (QED) is 0.151. The van der Waals surface area contributed by atoms with E-state index in [4.69, 9.17) is 9.84 Å². The molecule has 11 heteroatoms. The molecule has 1 aliphatic carbocycles. The summed E-state index contributed by atoms with van der Waals surface area (Å²) in [5.41, 5.74) is 0.476. The van der Waals surface area contributed by atoms with Gasteiger partial charge in [-0.05, 0) is 57.9 Å². The first kappa shape index (κ1) is 35.0. The summed E-state index contributed by atoms with van der Waals surface area (Å²) < 4.78 is 5.39. The molecule has 0 aromatic heterocycles. The number of amides is 3. The van der Waals surface area contributed by atoms with Gasteiger partial charge in [0.2, 0.25) is 11.8 Å². The van der Waals surface area contributed by atoms with Crippen molar-refractivity contribution in [3.8, 4) is 0 Å². The fourth-order valence-corrected chi connectivity index (χ4v) is 5.08. The molecule has 3 amide bonds. The fourth-order valence-electron chi connectivity index (χ4n) is 5.08. The van der Waals surface area contributed by atoms with Crippen molar-refractivity contribution in [3.05, 3.63) is 35.9 Å². The van der Waals surface area contributed by atoms with Crippen molar-refractivity contribution < 1.29 is 34.1 Å². The molecule has 1 aliphatic rings. The number of aliphatic hydroxyl groups excluding tert-OH is 1. The molecule has 0 spiro atoms. The van der Waals surface area contributed by atoms with Gasteiger partial charge in [-0.3, -0.25) is 14.4 Å². The Morgan fingerprint density at radius 2 is 1.71 bits per heavy atom. The van der Waals surface area contributed by atoms with E-state index in [-0.39, 0.29) is 25.9 Å². The van der Waals surface area contributed by atoms with Crippen LogP contribution in [0, 0.1) is 5.92 Å². The van der Waals surface area contributed by atoms with Crippen LogP contribution in [0.5, 0.6) is 0 Å². The molecule has 0 heterocycles. The lowest BCUT2D eigenvalue weighted by atomic mass is 9.83. The van der Waals surface area contributed by atoms with Gasteiger partial charge in [-0.1, -0.05) is 62.4 Å². The first-order chi connectivity index (χ1) is 19.9. The van der Waals surface area contributed by atoms with Crippen molar-refractivity contribution in [1.82, 2.24) is 21.3 Å². The van der Waals surface area contributed by atoms with Crippen LogP contribution >= 0.6 is 0 Å². The number of aliphatic carboxylic acids is 1. The molecule has 3 atom stereocenters. The van der Waals surface area contributed by atoms with Crippen molar-refractivity contribution >= 4 is 23.9 Å². The van der Waals surface area contributed by atoms with E-state index in [1.54, 1.807) is 20.8 Å². The average molecular weight is 591 g/mol. The first-order valence-electron chi connectivity index (χ1n) is 15.1. The molecule has 236 valence electrons. The summed E-state index contributed by atoms with van der Waals surface area (Å²) >= 11 is 0. The molecule has 1 aromatic rings. The molecule has 42 heavy (non-hydrogen) atoms. The molecule has 0 saturated heterocycles. The maximum Gasteiger partial charge on any atom is 0.407 e. The Morgan fingerprint density at radius 3 is 2.36 bits per heavy atom. The standard InChI is InChI=1S/C31H50N4O7/c1-31(2,3)42-30(41)35-25(19-23-13-8-5-9-14-23)26(36)20-32-21-27(37)34-24(16-17-28(38)39)29(40)33-18-10-15-22-11-6-4-7-12-22/h4,6-7,11-12,23-26,32,36H,5,8-10,13-21H2,1-3H3,(H,33,40)(H,34,37)(H,35,41)(H,38,39)/t24-,25-,26?/m0/s1. The maximum atomic E-state index is 12.7. The van der Waals surface area contributed by atoms with Gasteiger partial charge in [-0.15, -0.1) is 0 Å². The minimum Gasteiger partial charge on any atom is -0.481 e. The number of ether oxygens (including phenoxy) is 1. The number of benzene rings is 1. The van der Waals surface area contributed by atoms with Gasteiger partial charge < -0.3 is 36.2 Å². The van der Waals surface area contributed by atoms with Gasteiger partial charge in [0.15, 0.2) is 0 Å². The summed E-state index contributed by atoms with van der Waals surface area (Å²) in [6, 6.07) is 8.31. The number of aryl methyl sites for hydroxylation is 1. The van der Waals surface area contributed by atoms with Crippen LogP contribution < -0.4 is 21.3 Å². The lowest BCUT2D eigenvalue weighted by Gasteiger charge is -2.31. The van der Waals surface area contributed by atoms with Gasteiger partial charge >= 0.3 is 12.1 Å². The Kier molecular flexibility index (Phi) is 15.3. The largest absolute Gasteiger partial charge is 0.481 e. The SMILES string of the molecule is CC(C)(C)OC(=O)N[C@@H](CC1CCCCC1)C(O)CNCC(=O)N[C@@H](CCC(=O)O)C(=O)NCCCc1ccccc1. The number of carbonyl (C=O) groups is 4. The number of hydrogen-bond acceptors (Lipinski definition) is 7. The highest BCUT2D eigenvalue weighted by molar-refractivity contribution is 5.88. The van der Waals surface area contributed by atoms with Gasteiger partial charge in [0.1, 0.15) is 11.6 Å². The minimum absolute atomic E-state index is 0.0338. The van der Waals surface area contributed by atoms with Crippen molar-refractivity contribution in [3.63, 3.8) is 0 Å². The lowest BCUT2D eigenvalue weighted by molar-refractivity contribution is -0.137. The average Bonchev–Trinajstić information content (AvgIpc) is 2.93. The number of carboxylic acids is 1. The highest BCUT2D eigenvalue weighted by Crippen LogP contribution is 2.28. The Morgan fingerprint density at radius 1 is 1.02 bits per heavy atom. The third-order valence-corrected chi connectivity index (χ3v) is 7.20. The molecule has 2 rings (SSSR count). The van der Waals surface area contributed by atoms with E-state index in [0.717, 1.165) is 37.7 Å². The van der Waals surface area contributed by atoms with Crippen LogP contribution in [-0.4, -0.2) is 77.5 Å². The number of hydrogen-bond donors (Lipinski definition) is 6. The summed E-state index contributed by atoms with van der Waals surface area (Å²) in [5.74, 6) is -1.61. The molecular formula is C31H50N4O7. The Labute approximate surface area is 249 Å². The van der Waals surface area contributed by atoms with E-state index in [0.29, 0.717) is 25.3 Å². The zero-order valence-corrected chi connectivity index (χ0v) is 25.3. The molecule has 11 nitrogen and oxygen atoms in total. The normalized spacial score (nSPS) is 16.1. The summed E-state index contributed by atoms with van der Waals surface area (Å²) in [7, 11) is 0. The number of nitrogens with one attached hydrogen (secondary N) is 4. The molecule has 0 radical (unpaired) electrons. The molecule has 1 saturated carbocycles. The first-order valence-corrected chi connectivity index (χ1v) is 15.1. The highest BCUT2D eigenvalue weighted by Gasteiger charge is 2.28. The second-order valence-corrected chi connectivity index (χ2v) is 12.1. The Hall–Kier alpha value is -3.18. The molecule has 1 aromatic carbocycles. The topological polar surface area (TPSA) is 166 Å². The van der Waals surface area contributed by atoms with Crippen LogP contribution in [0.2, 0.25) is 0 Å². The Bertz CT molecular complexity index is 977. The van der Waals surface area contributed by atoms with Crippen LogP contribution in [0.3, 0.4) is 0 Å². The summed E-state index contributed by atoms with van der Waals surface area (Å²) in [4.78, 5) is 48.9. The van der Waals surface area contributed by atoms with E-state index >= 15 is 0 Å². The van der Waals surface area contributed by atoms with Crippen molar-refractivity contribution in [2.24, 2.45) is 5.92 Å². The van der Waals surface area contributed by atoms with Crippen LogP contribution in [0.1, 0.15) is 84.1 Å². The molecule has 6 N–H and O–H groups in total.